The van der Waals surface area contributed by atoms with Gasteiger partial charge in [-0.2, -0.15) is 8.78 Å². The first kappa shape index (κ1) is 10.3. The Morgan fingerprint density at radius 3 is 2.14 bits per heavy atom. The summed E-state index contributed by atoms with van der Waals surface area (Å²) in [6, 6.07) is 0. The average molecular weight is 203 g/mol. The summed E-state index contributed by atoms with van der Waals surface area (Å²) < 4.78 is 28.4. The van der Waals surface area contributed by atoms with Crippen molar-refractivity contribution in [1.82, 2.24) is 0 Å². The first-order chi connectivity index (χ1) is 6.60. The van der Waals surface area contributed by atoms with E-state index in [1.807, 2.05) is 0 Å². The van der Waals surface area contributed by atoms with Crippen LogP contribution in [-0.4, -0.2) is 13.2 Å². The van der Waals surface area contributed by atoms with Crippen molar-refractivity contribution in [2.45, 2.75) is 45.1 Å². The zero-order valence-corrected chi connectivity index (χ0v) is 8.40. The van der Waals surface area contributed by atoms with Gasteiger partial charge in [0.2, 0.25) is 0 Å². The van der Waals surface area contributed by atoms with Crippen molar-refractivity contribution < 1.29 is 13.5 Å². The fraction of sp³-hybridized carbons (Fsp3) is 0.909. The summed E-state index contributed by atoms with van der Waals surface area (Å²) in [6.45, 7) is 1.61. The van der Waals surface area contributed by atoms with Crippen molar-refractivity contribution in [1.29, 1.82) is 0 Å². The molecule has 0 saturated heterocycles. The second-order valence-electron chi connectivity index (χ2n) is 5.00. The number of ether oxygens (including phenoxy) is 1. The van der Waals surface area contributed by atoms with Crippen LogP contribution < -0.4 is 0 Å². The lowest BCUT2D eigenvalue weighted by Crippen LogP contribution is -2.22. The van der Waals surface area contributed by atoms with Gasteiger partial charge in [-0.25, -0.2) is 0 Å². The van der Waals surface area contributed by atoms with Crippen LogP contribution in [0.15, 0.2) is 0 Å². The van der Waals surface area contributed by atoms with Gasteiger partial charge in [-0.05, 0) is 49.4 Å². The molecule has 0 aliphatic heterocycles. The summed E-state index contributed by atoms with van der Waals surface area (Å²) in [7, 11) is 0. The van der Waals surface area contributed by atoms with Gasteiger partial charge in [0, 0.05) is 0 Å². The molecule has 0 N–H and O–H groups in total. The minimum Gasteiger partial charge on any atom is -0.322 e. The first-order valence-corrected chi connectivity index (χ1v) is 5.29. The molecule has 2 fully saturated rings. The van der Waals surface area contributed by atoms with E-state index in [4.69, 9.17) is 0 Å². The van der Waals surface area contributed by atoms with E-state index in [1.165, 1.54) is 0 Å². The van der Waals surface area contributed by atoms with E-state index in [-0.39, 0.29) is 12.0 Å². The van der Waals surface area contributed by atoms with Crippen LogP contribution in [0.1, 0.15) is 38.5 Å². The fourth-order valence-corrected chi connectivity index (χ4v) is 3.23. The van der Waals surface area contributed by atoms with Crippen molar-refractivity contribution in [2.24, 2.45) is 10.8 Å². The van der Waals surface area contributed by atoms with Gasteiger partial charge in [0.15, 0.2) is 0 Å². The van der Waals surface area contributed by atoms with E-state index in [2.05, 4.69) is 11.7 Å². The topological polar surface area (TPSA) is 9.23 Å². The van der Waals surface area contributed by atoms with Crippen LogP contribution >= 0.6 is 0 Å². The minimum absolute atomic E-state index is 0.0636. The molecule has 0 atom stereocenters. The van der Waals surface area contributed by atoms with Crippen molar-refractivity contribution >= 4 is 0 Å². The van der Waals surface area contributed by atoms with Crippen LogP contribution in [0.3, 0.4) is 0 Å². The molecule has 0 heterocycles. The van der Waals surface area contributed by atoms with Gasteiger partial charge in [-0.15, -0.1) is 0 Å². The molecule has 0 amide bonds. The van der Waals surface area contributed by atoms with E-state index in [1.54, 1.807) is 0 Å². The van der Waals surface area contributed by atoms with Crippen LogP contribution in [0.25, 0.3) is 0 Å². The lowest BCUT2D eigenvalue weighted by molar-refractivity contribution is -0.151. The van der Waals surface area contributed by atoms with Gasteiger partial charge < -0.3 is 4.74 Å². The number of fused-ring (bicyclic) bond motifs is 2. The summed E-state index contributed by atoms with van der Waals surface area (Å²) >= 11 is 0. The van der Waals surface area contributed by atoms with E-state index >= 15 is 0 Å². The molecule has 2 rings (SSSR count). The summed E-state index contributed by atoms with van der Waals surface area (Å²) in [5, 5.41) is 0. The number of alkyl halides is 2. The van der Waals surface area contributed by atoms with Crippen LogP contribution in [0.4, 0.5) is 8.78 Å². The predicted octanol–water partition coefficient (Wildman–Crippen LogP) is 3.40. The second-order valence-corrected chi connectivity index (χ2v) is 5.00. The number of hydrogen-bond donors (Lipinski definition) is 0. The lowest BCUT2D eigenvalue weighted by atomic mass is 9.81. The molecule has 0 aromatic rings. The highest BCUT2D eigenvalue weighted by molar-refractivity contribution is 5.04. The Kier molecular flexibility index (Phi) is 2.54. The van der Waals surface area contributed by atoms with Gasteiger partial charge in [0.25, 0.3) is 0 Å². The van der Waals surface area contributed by atoms with Crippen LogP contribution in [-0.2, 0) is 4.74 Å². The van der Waals surface area contributed by atoms with Crippen molar-refractivity contribution in [2.75, 3.05) is 6.61 Å². The molecular weight excluding hydrogens is 186 g/mol. The van der Waals surface area contributed by atoms with Gasteiger partial charge in [-0.3, -0.25) is 0 Å². The maximum absolute atomic E-state index is 12.0. The first-order valence-electron chi connectivity index (χ1n) is 5.29. The van der Waals surface area contributed by atoms with Gasteiger partial charge in [0.05, 0.1) is 6.61 Å². The molecule has 0 aromatic carbocycles. The molecule has 1 nitrogen and oxygen atoms in total. The Balaban J connectivity index is 1.94. The highest BCUT2D eigenvalue weighted by Gasteiger charge is 2.53. The Morgan fingerprint density at radius 1 is 1.14 bits per heavy atom. The summed E-state index contributed by atoms with van der Waals surface area (Å²) in [6.07, 6.45) is 6.41. The monoisotopic (exact) mass is 203 g/mol. The smallest absolute Gasteiger partial charge is 0.322 e. The maximum atomic E-state index is 12.0. The molecule has 81 valence electrons. The molecule has 2 aliphatic rings. The number of rotatable bonds is 4. The Bertz CT molecular complexity index is 207. The van der Waals surface area contributed by atoms with E-state index in [0.29, 0.717) is 5.41 Å². The predicted molar refractivity (Wildman–Crippen MR) is 49.9 cm³/mol. The molecule has 2 aliphatic carbocycles. The fourth-order valence-electron chi connectivity index (χ4n) is 3.23. The third kappa shape index (κ3) is 1.67. The zero-order valence-electron chi connectivity index (χ0n) is 8.40. The summed E-state index contributed by atoms with van der Waals surface area (Å²) in [5.41, 5.74) is 0.430. The average Bonchev–Trinajstić information content (AvgIpc) is 2.72. The molecule has 0 unspecified atom stereocenters. The SMILES string of the molecule is [CH2]CC12CCC(COC(F)F)(CC1)C2. The van der Waals surface area contributed by atoms with Crippen molar-refractivity contribution in [3.8, 4) is 0 Å². The molecule has 2 bridgehead atoms. The largest absolute Gasteiger partial charge is 0.345 e. The third-order valence-electron chi connectivity index (χ3n) is 4.17. The third-order valence-corrected chi connectivity index (χ3v) is 4.17. The molecular formula is C11H17F2O. The number of hydrogen-bond acceptors (Lipinski definition) is 1. The quantitative estimate of drug-likeness (QED) is 0.680. The highest BCUT2D eigenvalue weighted by Crippen LogP contribution is 2.62. The molecule has 14 heavy (non-hydrogen) atoms. The summed E-state index contributed by atoms with van der Waals surface area (Å²) in [4.78, 5) is 0. The van der Waals surface area contributed by atoms with E-state index in [0.717, 1.165) is 38.5 Å². The van der Waals surface area contributed by atoms with E-state index < -0.39 is 6.61 Å². The van der Waals surface area contributed by atoms with E-state index in [9.17, 15) is 8.78 Å². The molecule has 2 saturated carbocycles. The van der Waals surface area contributed by atoms with Gasteiger partial charge in [0.1, 0.15) is 0 Å². The Morgan fingerprint density at radius 2 is 1.71 bits per heavy atom. The highest BCUT2D eigenvalue weighted by atomic mass is 19.3. The van der Waals surface area contributed by atoms with Crippen molar-refractivity contribution in [3.05, 3.63) is 6.92 Å². The Hall–Kier alpha value is -0.180. The molecule has 1 radical (unpaired) electrons. The normalized spacial score (nSPS) is 41.1. The Labute approximate surface area is 83.8 Å². The standard InChI is InChI=1S/C11H17F2O/c1-2-10-3-5-11(7-10,6-4-10)8-14-9(12)13/h9H,1-8H2. The van der Waals surface area contributed by atoms with Crippen LogP contribution in [0, 0.1) is 17.8 Å². The van der Waals surface area contributed by atoms with Crippen molar-refractivity contribution in [3.63, 3.8) is 0 Å². The summed E-state index contributed by atoms with van der Waals surface area (Å²) in [5.74, 6) is 0. The molecule has 0 aromatic heterocycles. The lowest BCUT2D eigenvalue weighted by Gasteiger charge is -2.26. The number of halogens is 2. The maximum Gasteiger partial charge on any atom is 0.345 e. The second kappa shape index (κ2) is 3.44. The molecule has 0 spiro atoms. The molecule has 3 heteroatoms. The zero-order chi connectivity index (χ0) is 10.2. The van der Waals surface area contributed by atoms with Crippen LogP contribution in [0.2, 0.25) is 0 Å². The minimum atomic E-state index is -2.61. The van der Waals surface area contributed by atoms with Gasteiger partial charge >= 0.3 is 6.61 Å². The van der Waals surface area contributed by atoms with Gasteiger partial charge in [-0.1, -0.05) is 6.92 Å². The van der Waals surface area contributed by atoms with Crippen LogP contribution in [0.5, 0.6) is 0 Å².